The Morgan fingerprint density at radius 1 is 1.00 bits per heavy atom. The molecule has 1 saturated heterocycles. The second-order valence-electron chi connectivity index (χ2n) is 5.99. The highest BCUT2D eigenvalue weighted by molar-refractivity contribution is 6.02. The lowest BCUT2D eigenvalue weighted by Crippen LogP contribution is -2.47. The van der Waals surface area contributed by atoms with Crippen molar-refractivity contribution >= 4 is 17.7 Å². The largest absolute Gasteiger partial charge is 0.468 e. The number of piperidine rings is 1. The third kappa shape index (κ3) is 3.60. The lowest BCUT2D eigenvalue weighted by Gasteiger charge is -2.30. The van der Waals surface area contributed by atoms with Gasteiger partial charge in [-0.15, -0.1) is 0 Å². The smallest absolute Gasteiger partial charge is 0.318 e. The minimum atomic E-state index is -0.883. The van der Waals surface area contributed by atoms with Crippen molar-refractivity contribution in [3.8, 4) is 11.1 Å². The van der Waals surface area contributed by atoms with Gasteiger partial charge in [-0.3, -0.25) is 14.4 Å². The Labute approximate surface area is 146 Å². The lowest BCUT2D eigenvalue weighted by molar-refractivity contribution is -0.151. The third-order valence-corrected chi connectivity index (χ3v) is 4.43. The molecule has 0 aliphatic carbocycles. The fourth-order valence-electron chi connectivity index (χ4n) is 2.98. The van der Waals surface area contributed by atoms with Crippen LogP contribution in [-0.2, 0) is 14.3 Å². The molecule has 5 nitrogen and oxygen atoms in total. The first-order chi connectivity index (χ1) is 12.1. The van der Waals surface area contributed by atoms with Crippen LogP contribution in [0.15, 0.2) is 54.6 Å². The molecule has 1 amide bonds. The Morgan fingerprint density at radius 3 is 2.28 bits per heavy atom. The SMILES string of the molecule is COC(=O)C1CN(C(=O)c2ccc(-c3ccccc3)cc2)CCC1=O. The maximum atomic E-state index is 12.7. The summed E-state index contributed by atoms with van der Waals surface area (Å²) in [5, 5.41) is 0. The van der Waals surface area contributed by atoms with Crippen molar-refractivity contribution in [3.63, 3.8) is 0 Å². The summed E-state index contributed by atoms with van der Waals surface area (Å²) in [5.41, 5.74) is 2.65. The zero-order valence-corrected chi connectivity index (χ0v) is 14.0. The van der Waals surface area contributed by atoms with Crippen LogP contribution in [0.5, 0.6) is 0 Å². The molecule has 0 radical (unpaired) electrons. The summed E-state index contributed by atoms with van der Waals surface area (Å²) in [6, 6.07) is 17.2. The lowest BCUT2D eigenvalue weighted by atomic mass is 9.95. The van der Waals surface area contributed by atoms with Crippen LogP contribution < -0.4 is 0 Å². The molecule has 128 valence electrons. The summed E-state index contributed by atoms with van der Waals surface area (Å²) in [5.74, 6) is -1.82. The Kier molecular flexibility index (Phi) is 4.93. The van der Waals surface area contributed by atoms with E-state index in [0.29, 0.717) is 12.1 Å². The minimum absolute atomic E-state index is 0.0742. The van der Waals surface area contributed by atoms with Crippen LogP contribution in [0.1, 0.15) is 16.8 Å². The predicted octanol–water partition coefficient (Wildman–Crippen LogP) is 2.56. The zero-order chi connectivity index (χ0) is 17.8. The molecule has 3 rings (SSSR count). The molecule has 1 heterocycles. The van der Waals surface area contributed by atoms with Gasteiger partial charge in [-0.2, -0.15) is 0 Å². The van der Waals surface area contributed by atoms with E-state index in [2.05, 4.69) is 4.74 Å². The van der Waals surface area contributed by atoms with Gasteiger partial charge < -0.3 is 9.64 Å². The molecule has 1 aliphatic heterocycles. The number of esters is 1. The van der Waals surface area contributed by atoms with Crippen LogP contribution in [0.25, 0.3) is 11.1 Å². The number of amides is 1. The molecule has 1 fully saturated rings. The molecule has 1 aliphatic rings. The topological polar surface area (TPSA) is 63.7 Å². The fourth-order valence-corrected chi connectivity index (χ4v) is 2.98. The predicted molar refractivity (Wildman–Crippen MR) is 92.9 cm³/mol. The number of Topliss-reactive ketones (excluding diaryl/α,β-unsaturated/α-hetero) is 1. The van der Waals surface area contributed by atoms with E-state index in [4.69, 9.17) is 0 Å². The van der Waals surface area contributed by atoms with Crippen molar-refractivity contribution in [1.82, 2.24) is 4.90 Å². The van der Waals surface area contributed by atoms with Crippen molar-refractivity contribution in [1.29, 1.82) is 0 Å². The van der Waals surface area contributed by atoms with Gasteiger partial charge in [-0.1, -0.05) is 42.5 Å². The normalized spacial score (nSPS) is 17.2. The minimum Gasteiger partial charge on any atom is -0.468 e. The fraction of sp³-hybridized carbons (Fsp3) is 0.250. The number of rotatable bonds is 3. The van der Waals surface area contributed by atoms with Crippen LogP contribution in [0.2, 0.25) is 0 Å². The van der Waals surface area contributed by atoms with E-state index in [-0.39, 0.29) is 24.7 Å². The first kappa shape index (κ1) is 16.9. The Hall–Kier alpha value is -2.95. The monoisotopic (exact) mass is 337 g/mol. The van der Waals surface area contributed by atoms with Gasteiger partial charge in [-0.25, -0.2) is 0 Å². The summed E-state index contributed by atoms with van der Waals surface area (Å²) in [4.78, 5) is 37.8. The molecule has 0 saturated carbocycles. The molecular weight excluding hydrogens is 318 g/mol. The molecule has 25 heavy (non-hydrogen) atoms. The van der Waals surface area contributed by atoms with Crippen LogP contribution in [0.3, 0.4) is 0 Å². The maximum Gasteiger partial charge on any atom is 0.318 e. The highest BCUT2D eigenvalue weighted by Crippen LogP contribution is 2.21. The maximum absolute atomic E-state index is 12.7. The van der Waals surface area contributed by atoms with Gasteiger partial charge in [0.15, 0.2) is 5.78 Å². The first-order valence-electron chi connectivity index (χ1n) is 8.15. The summed E-state index contributed by atoms with van der Waals surface area (Å²) < 4.78 is 4.66. The second kappa shape index (κ2) is 7.30. The van der Waals surface area contributed by atoms with E-state index in [0.717, 1.165) is 11.1 Å². The molecule has 0 spiro atoms. The Bertz CT molecular complexity index is 775. The Balaban J connectivity index is 1.74. The summed E-state index contributed by atoms with van der Waals surface area (Å²) in [6.07, 6.45) is 0.174. The van der Waals surface area contributed by atoms with E-state index in [9.17, 15) is 14.4 Å². The summed E-state index contributed by atoms with van der Waals surface area (Å²) in [6.45, 7) is 0.399. The van der Waals surface area contributed by atoms with Gasteiger partial charge in [-0.05, 0) is 23.3 Å². The highest BCUT2D eigenvalue weighted by Gasteiger charge is 2.35. The number of ether oxygens (including phenoxy) is 1. The molecule has 0 aromatic heterocycles. The average Bonchev–Trinajstić information content (AvgIpc) is 2.68. The van der Waals surface area contributed by atoms with Gasteiger partial charge in [0.2, 0.25) is 0 Å². The van der Waals surface area contributed by atoms with E-state index >= 15 is 0 Å². The number of hydrogen-bond acceptors (Lipinski definition) is 4. The van der Waals surface area contributed by atoms with Gasteiger partial charge in [0.1, 0.15) is 5.92 Å². The number of benzene rings is 2. The van der Waals surface area contributed by atoms with Gasteiger partial charge in [0.25, 0.3) is 5.91 Å². The number of methoxy groups -OCH3 is 1. The molecule has 5 heteroatoms. The van der Waals surface area contributed by atoms with Crippen molar-refractivity contribution in [2.45, 2.75) is 6.42 Å². The molecular formula is C20H19NO4. The average molecular weight is 337 g/mol. The van der Waals surface area contributed by atoms with Crippen LogP contribution in [0, 0.1) is 5.92 Å². The van der Waals surface area contributed by atoms with E-state index in [1.807, 2.05) is 42.5 Å². The van der Waals surface area contributed by atoms with Crippen molar-refractivity contribution < 1.29 is 19.1 Å². The van der Waals surface area contributed by atoms with Crippen molar-refractivity contribution in [2.75, 3.05) is 20.2 Å². The number of likely N-dealkylation sites (tertiary alicyclic amines) is 1. The highest BCUT2D eigenvalue weighted by atomic mass is 16.5. The second-order valence-corrected chi connectivity index (χ2v) is 5.99. The molecule has 2 aromatic carbocycles. The van der Waals surface area contributed by atoms with Gasteiger partial charge in [0.05, 0.1) is 7.11 Å². The van der Waals surface area contributed by atoms with Crippen molar-refractivity contribution in [2.24, 2.45) is 5.92 Å². The summed E-state index contributed by atoms with van der Waals surface area (Å²) >= 11 is 0. The third-order valence-electron chi connectivity index (χ3n) is 4.43. The standard InChI is InChI=1S/C20H19NO4/c1-25-20(24)17-13-21(12-11-18(17)22)19(23)16-9-7-15(8-10-16)14-5-3-2-4-6-14/h2-10,17H,11-13H2,1H3. The molecule has 1 unspecified atom stereocenters. The van der Waals surface area contributed by atoms with E-state index in [1.165, 1.54) is 7.11 Å². The summed E-state index contributed by atoms with van der Waals surface area (Å²) in [7, 11) is 1.25. The van der Waals surface area contributed by atoms with Crippen LogP contribution >= 0.6 is 0 Å². The molecule has 1 atom stereocenters. The molecule has 2 aromatic rings. The zero-order valence-electron chi connectivity index (χ0n) is 14.0. The quantitative estimate of drug-likeness (QED) is 0.638. The molecule has 0 bridgehead atoms. The number of nitrogens with zero attached hydrogens (tertiary/aromatic N) is 1. The van der Waals surface area contributed by atoms with Crippen LogP contribution in [-0.4, -0.2) is 42.8 Å². The number of ketones is 1. The van der Waals surface area contributed by atoms with E-state index < -0.39 is 11.9 Å². The van der Waals surface area contributed by atoms with Gasteiger partial charge >= 0.3 is 5.97 Å². The van der Waals surface area contributed by atoms with E-state index in [1.54, 1.807) is 17.0 Å². The van der Waals surface area contributed by atoms with Crippen molar-refractivity contribution in [3.05, 3.63) is 60.2 Å². The number of carbonyl (C=O) groups is 3. The number of carbonyl (C=O) groups excluding carboxylic acids is 3. The first-order valence-corrected chi connectivity index (χ1v) is 8.15. The molecule has 0 N–H and O–H groups in total. The van der Waals surface area contributed by atoms with Crippen LogP contribution in [0.4, 0.5) is 0 Å². The number of hydrogen-bond donors (Lipinski definition) is 0. The Morgan fingerprint density at radius 2 is 1.64 bits per heavy atom. The van der Waals surface area contributed by atoms with Gasteiger partial charge in [0, 0.05) is 25.1 Å².